The number of benzene rings is 5. The first-order chi connectivity index (χ1) is 21.6. The summed E-state index contributed by atoms with van der Waals surface area (Å²) in [5.41, 5.74) is 0. The summed E-state index contributed by atoms with van der Waals surface area (Å²) in [7, 11) is -16.3. The summed E-state index contributed by atoms with van der Waals surface area (Å²) in [6, 6.07) is 52.2. The molecule has 1 unspecified atom stereocenters. The molecule has 10 heteroatoms. The largest absolute Gasteiger partial charge is 0.416 e. The van der Waals surface area contributed by atoms with Crippen LogP contribution in [0.15, 0.2) is 152 Å². The van der Waals surface area contributed by atoms with E-state index in [0.717, 1.165) is 25.9 Å². The van der Waals surface area contributed by atoms with E-state index in [-0.39, 0.29) is 0 Å². The molecule has 0 bridgehead atoms. The predicted molar refractivity (Wildman–Crippen MR) is 194 cm³/mol. The van der Waals surface area contributed by atoms with Gasteiger partial charge in [0.25, 0.3) is 0 Å². The van der Waals surface area contributed by atoms with Crippen molar-refractivity contribution in [3.05, 3.63) is 152 Å². The predicted octanol–water partition coefficient (Wildman–Crippen LogP) is 4.98. The van der Waals surface area contributed by atoms with Crippen LogP contribution in [0.2, 0.25) is 32.7 Å². The van der Waals surface area contributed by atoms with Crippen LogP contribution >= 0.6 is 0 Å². The lowest BCUT2D eigenvalue weighted by molar-refractivity contribution is 0.253. The number of rotatable bonds is 5. The average molecular weight is 681 g/mol. The van der Waals surface area contributed by atoms with Gasteiger partial charge in [-0.15, -0.1) is 0 Å². The fraction of sp³-hybridized carbons (Fsp3) is 0.143. The average Bonchev–Trinajstić information content (AvgIpc) is 3.05. The van der Waals surface area contributed by atoms with Gasteiger partial charge in [0.2, 0.25) is 0 Å². The van der Waals surface area contributed by atoms with Crippen LogP contribution in [0.5, 0.6) is 0 Å². The minimum atomic E-state index is -3.65. The van der Waals surface area contributed by atoms with Crippen LogP contribution in [0.4, 0.5) is 0 Å². The van der Waals surface area contributed by atoms with E-state index in [1.54, 1.807) is 0 Å². The highest BCUT2D eigenvalue weighted by Crippen LogP contribution is 2.31. The van der Waals surface area contributed by atoms with Gasteiger partial charge in [-0.2, -0.15) is 0 Å². The number of hydrogen-bond acceptors (Lipinski definition) is 5. The van der Waals surface area contributed by atoms with Gasteiger partial charge >= 0.3 is 42.8 Å². The quantitative estimate of drug-likeness (QED) is 0.245. The molecule has 1 fully saturated rings. The highest BCUT2D eigenvalue weighted by atomic mass is 28.5. The molecule has 1 aliphatic heterocycles. The summed E-state index contributed by atoms with van der Waals surface area (Å²) < 4.78 is 37.7. The molecule has 45 heavy (non-hydrogen) atoms. The summed E-state index contributed by atoms with van der Waals surface area (Å²) >= 11 is 0. The van der Waals surface area contributed by atoms with Crippen molar-refractivity contribution in [1.82, 2.24) is 0 Å². The van der Waals surface area contributed by atoms with Crippen molar-refractivity contribution in [2.24, 2.45) is 0 Å². The normalized spacial score (nSPS) is 22.2. The molecule has 1 heterocycles. The second-order valence-electron chi connectivity index (χ2n) is 12.3. The van der Waals surface area contributed by atoms with Gasteiger partial charge in [0.15, 0.2) is 0 Å². The fourth-order valence-electron chi connectivity index (χ4n) is 6.28. The van der Waals surface area contributed by atoms with Crippen molar-refractivity contribution in [1.29, 1.82) is 0 Å². The summed E-state index contributed by atoms with van der Waals surface area (Å²) in [6.45, 7) is 10.6. The van der Waals surface area contributed by atoms with E-state index in [9.17, 15) is 0 Å². The van der Waals surface area contributed by atoms with Gasteiger partial charge in [0.1, 0.15) is 0 Å². The van der Waals surface area contributed by atoms with Crippen molar-refractivity contribution in [3.63, 3.8) is 0 Å². The topological polar surface area (TPSA) is 46.2 Å². The van der Waals surface area contributed by atoms with Crippen LogP contribution in [0, 0.1) is 0 Å². The van der Waals surface area contributed by atoms with Crippen LogP contribution in [0.3, 0.4) is 0 Å². The van der Waals surface area contributed by atoms with Gasteiger partial charge < -0.3 is 20.6 Å². The third-order valence-electron chi connectivity index (χ3n) is 7.86. The SMILES string of the molecule is C[Si]1(C)O[Si](C)(C)O[Si](c2ccccc2)(c2ccccc2)O[Si](c2ccccc2)(c2ccccc2)O[Si](C)(c2ccccc2)O1. The standard InChI is InChI=1S/C35H40O5Si5/c1-41(2)36-42(3,4)38-44(32-23-13-7-14-24-32,33-25-15-8-16-26-33)40-45(34-27-17-9-18-28-34,35-29-19-10-20-30-35)39-43(5,37-41)31-21-11-6-12-22-31/h6-30H,1-5H3. The Balaban J connectivity index is 1.75. The Morgan fingerprint density at radius 2 is 0.578 bits per heavy atom. The van der Waals surface area contributed by atoms with E-state index >= 15 is 0 Å². The lowest BCUT2D eigenvalue weighted by Gasteiger charge is -2.50. The molecule has 230 valence electrons. The zero-order valence-electron chi connectivity index (χ0n) is 26.5. The van der Waals surface area contributed by atoms with Crippen LogP contribution in [0.1, 0.15) is 0 Å². The maximum atomic E-state index is 8.03. The monoisotopic (exact) mass is 680 g/mol. The highest BCUT2D eigenvalue weighted by Gasteiger charge is 2.62. The zero-order valence-corrected chi connectivity index (χ0v) is 31.5. The first kappa shape index (κ1) is 31.9. The van der Waals surface area contributed by atoms with Crippen molar-refractivity contribution < 1.29 is 20.6 Å². The van der Waals surface area contributed by atoms with Gasteiger partial charge in [-0.1, -0.05) is 152 Å². The van der Waals surface area contributed by atoms with Gasteiger partial charge in [0.05, 0.1) is 0 Å². The summed E-state index contributed by atoms with van der Waals surface area (Å²) in [5.74, 6) is 0. The summed E-state index contributed by atoms with van der Waals surface area (Å²) in [5, 5.41) is 5.06. The van der Waals surface area contributed by atoms with Crippen LogP contribution in [-0.4, -0.2) is 42.8 Å². The fourth-order valence-corrected chi connectivity index (χ4v) is 32.8. The lowest BCUT2D eigenvalue weighted by Crippen LogP contribution is -2.81. The zero-order chi connectivity index (χ0) is 31.6. The first-order valence-corrected chi connectivity index (χ1v) is 26.9. The van der Waals surface area contributed by atoms with Gasteiger partial charge in [-0.3, -0.25) is 0 Å². The van der Waals surface area contributed by atoms with E-state index in [4.69, 9.17) is 20.6 Å². The van der Waals surface area contributed by atoms with Gasteiger partial charge in [0, 0.05) is 0 Å². The molecule has 1 saturated heterocycles. The molecule has 5 aromatic rings. The molecular weight excluding hydrogens is 641 g/mol. The molecule has 1 atom stereocenters. The van der Waals surface area contributed by atoms with Crippen LogP contribution < -0.4 is 25.9 Å². The van der Waals surface area contributed by atoms with E-state index in [1.807, 2.05) is 30.3 Å². The molecule has 0 saturated carbocycles. The molecular formula is C35H40O5Si5. The minimum Gasteiger partial charge on any atom is -0.416 e. The van der Waals surface area contributed by atoms with Crippen molar-refractivity contribution in [2.45, 2.75) is 32.7 Å². The number of hydrogen-bond donors (Lipinski definition) is 0. The Hall–Kier alpha value is -3.02. The van der Waals surface area contributed by atoms with E-state index < -0.39 is 42.8 Å². The van der Waals surface area contributed by atoms with E-state index in [1.165, 1.54) is 0 Å². The highest BCUT2D eigenvalue weighted by molar-refractivity contribution is 7.10. The molecule has 0 N–H and O–H groups in total. The molecule has 5 nitrogen and oxygen atoms in total. The second-order valence-corrected chi connectivity index (χ2v) is 29.2. The van der Waals surface area contributed by atoms with Crippen molar-refractivity contribution in [3.8, 4) is 0 Å². The Kier molecular flexibility index (Phi) is 8.98. The van der Waals surface area contributed by atoms with Crippen LogP contribution in [0.25, 0.3) is 0 Å². The van der Waals surface area contributed by atoms with Crippen LogP contribution in [-0.2, 0) is 20.6 Å². The van der Waals surface area contributed by atoms with Gasteiger partial charge in [-0.25, -0.2) is 0 Å². The maximum Gasteiger partial charge on any atom is 0.390 e. The van der Waals surface area contributed by atoms with E-state index in [2.05, 4.69) is 154 Å². The lowest BCUT2D eigenvalue weighted by atomic mass is 10.4. The molecule has 0 aliphatic carbocycles. The van der Waals surface area contributed by atoms with Gasteiger partial charge in [-0.05, 0) is 58.7 Å². The van der Waals surface area contributed by atoms with Crippen molar-refractivity contribution in [2.75, 3.05) is 0 Å². The first-order valence-electron chi connectivity index (χ1n) is 15.3. The van der Waals surface area contributed by atoms with E-state index in [0.29, 0.717) is 0 Å². The maximum absolute atomic E-state index is 8.03. The molecule has 0 spiro atoms. The Morgan fingerprint density at radius 1 is 0.289 bits per heavy atom. The summed E-state index contributed by atoms with van der Waals surface area (Å²) in [4.78, 5) is 0. The Morgan fingerprint density at radius 3 is 0.933 bits per heavy atom. The van der Waals surface area contributed by atoms with Crippen molar-refractivity contribution >= 4 is 68.7 Å². The smallest absolute Gasteiger partial charge is 0.390 e. The molecule has 6 rings (SSSR count). The molecule has 1 aliphatic rings. The molecule has 0 amide bonds. The molecule has 0 radical (unpaired) electrons. The third-order valence-corrected chi connectivity index (χ3v) is 29.2. The minimum absolute atomic E-state index is 1.00. The third kappa shape index (κ3) is 6.62. The summed E-state index contributed by atoms with van der Waals surface area (Å²) in [6.07, 6.45) is 0. The molecule has 0 aromatic heterocycles. The Labute approximate surface area is 272 Å². The second kappa shape index (κ2) is 12.6. The Bertz CT molecular complexity index is 1610. The molecule has 5 aromatic carbocycles.